The first-order valence-corrected chi connectivity index (χ1v) is 14.2. The SMILES string of the molecule is C=CC(=O)Oc1cc(OC(=O)C=C)c2c(c1)-c1ccc(N(c3ccc(C)cc3)c3ccc(C)cc3)cc1C2(CC)CC. The fourth-order valence-electron chi connectivity index (χ4n) is 6.00. The summed E-state index contributed by atoms with van der Waals surface area (Å²) in [5.74, 6) is -0.523. The minimum atomic E-state index is -0.589. The summed E-state index contributed by atoms with van der Waals surface area (Å²) >= 11 is 0. The van der Waals surface area contributed by atoms with Crippen molar-refractivity contribution in [3.05, 3.63) is 126 Å². The van der Waals surface area contributed by atoms with Crippen molar-refractivity contribution in [2.75, 3.05) is 4.90 Å². The Hall–Kier alpha value is -4.90. The number of hydrogen-bond donors (Lipinski definition) is 0. The predicted molar refractivity (Wildman–Crippen MR) is 169 cm³/mol. The topological polar surface area (TPSA) is 55.8 Å². The summed E-state index contributed by atoms with van der Waals surface area (Å²) in [6.45, 7) is 15.5. The molecule has 0 aromatic heterocycles. The van der Waals surface area contributed by atoms with Crippen molar-refractivity contribution in [2.24, 2.45) is 0 Å². The Morgan fingerprint density at radius 3 is 1.76 bits per heavy atom. The van der Waals surface area contributed by atoms with Crippen LogP contribution in [0, 0.1) is 13.8 Å². The van der Waals surface area contributed by atoms with Crippen LogP contribution in [0.3, 0.4) is 0 Å². The van der Waals surface area contributed by atoms with Gasteiger partial charge in [-0.3, -0.25) is 0 Å². The van der Waals surface area contributed by atoms with Crippen LogP contribution >= 0.6 is 0 Å². The minimum Gasteiger partial charge on any atom is -0.423 e. The van der Waals surface area contributed by atoms with Crippen molar-refractivity contribution in [1.29, 1.82) is 0 Å². The standard InChI is InChI=1S/C37H35NO4/c1-7-34(39)41-29-22-31-30-20-19-28(38(26-15-11-24(5)12-16-26)27-17-13-25(6)14-18-27)21-32(30)37(9-3,10-4)36(31)33(23-29)42-35(40)8-2/h7-8,11-23H,1-2,9-10H2,3-6H3. The van der Waals surface area contributed by atoms with Crippen LogP contribution in [0.4, 0.5) is 17.1 Å². The summed E-state index contributed by atoms with van der Waals surface area (Å²) in [4.78, 5) is 26.8. The number of nitrogens with zero attached hydrogens (tertiary/aromatic N) is 1. The van der Waals surface area contributed by atoms with E-state index < -0.39 is 17.4 Å². The fraction of sp³-hybridized carbons (Fsp3) is 0.189. The van der Waals surface area contributed by atoms with Gasteiger partial charge in [-0.05, 0) is 85.8 Å². The Kier molecular flexibility index (Phi) is 7.86. The number of rotatable bonds is 9. The second kappa shape index (κ2) is 11.5. The molecular weight excluding hydrogens is 522 g/mol. The van der Waals surface area contributed by atoms with Gasteiger partial charge in [0.15, 0.2) is 0 Å². The van der Waals surface area contributed by atoms with E-state index in [-0.39, 0.29) is 5.75 Å². The van der Waals surface area contributed by atoms with E-state index in [0.717, 1.165) is 64.3 Å². The number of hydrogen-bond acceptors (Lipinski definition) is 5. The molecule has 0 saturated heterocycles. The summed E-state index contributed by atoms with van der Waals surface area (Å²) in [7, 11) is 0. The first-order chi connectivity index (χ1) is 20.2. The van der Waals surface area contributed by atoms with Crippen molar-refractivity contribution in [3.63, 3.8) is 0 Å². The summed E-state index contributed by atoms with van der Waals surface area (Å²) in [5, 5.41) is 0. The molecule has 5 nitrogen and oxygen atoms in total. The van der Waals surface area contributed by atoms with Crippen molar-refractivity contribution >= 4 is 29.0 Å². The highest BCUT2D eigenvalue weighted by molar-refractivity contribution is 5.91. The van der Waals surface area contributed by atoms with Gasteiger partial charge in [-0.2, -0.15) is 0 Å². The van der Waals surface area contributed by atoms with Gasteiger partial charge >= 0.3 is 11.9 Å². The molecule has 0 fully saturated rings. The number of benzene rings is 4. The van der Waals surface area contributed by atoms with Gasteiger partial charge in [0.2, 0.25) is 0 Å². The van der Waals surface area contributed by atoms with Gasteiger partial charge in [-0.1, -0.05) is 68.5 Å². The van der Waals surface area contributed by atoms with E-state index in [1.54, 1.807) is 6.07 Å². The van der Waals surface area contributed by atoms with E-state index in [4.69, 9.17) is 9.47 Å². The second-order valence-corrected chi connectivity index (χ2v) is 10.6. The van der Waals surface area contributed by atoms with Crippen molar-refractivity contribution < 1.29 is 19.1 Å². The van der Waals surface area contributed by atoms with Gasteiger partial charge in [-0.25, -0.2) is 9.59 Å². The van der Waals surface area contributed by atoms with E-state index in [1.807, 2.05) is 6.07 Å². The maximum atomic E-state index is 12.5. The molecule has 0 heterocycles. The molecule has 0 amide bonds. The molecule has 4 aromatic carbocycles. The van der Waals surface area contributed by atoms with Gasteiger partial charge in [-0.15, -0.1) is 0 Å². The highest BCUT2D eigenvalue weighted by Gasteiger charge is 2.44. The number of esters is 2. The monoisotopic (exact) mass is 557 g/mol. The quantitative estimate of drug-likeness (QED) is 0.117. The lowest BCUT2D eigenvalue weighted by molar-refractivity contribution is -0.129. The highest BCUT2D eigenvalue weighted by atomic mass is 16.5. The number of ether oxygens (including phenoxy) is 2. The van der Waals surface area contributed by atoms with Crippen LogP contribution in [-0.4, -0.2) is 11.9 Å². The number of anilines is 3. The molecule has 0 saturated carbocycles. The summed E-state index contributed by atoms with van der Waals surface area (Å²) in [6, 6.07) is 27.0. The van der Waals surface area contributed by atoms with Crippen molar-refractivity contribution in [3.8, 4) is 22.6 Å². The third kappa shape index (κ3) is 5.03. The fourth-order valence-corrected chi connectivity index (χ4v) is 6.00. The van der Waals surface area contributed by atoms with Gasteiger partial charge in [0.1, 0.15) is 11.5 Å². The molecule has 0 N–H and O–H groups in total. The van der Waals surface area contributed by atoms with Gasteiger partial charge in [0.25, 0.3) is 0 Å². The summed E-state index contributed by atoms with van der Waals surface area (Å²) < 4.78 is 11.3. The Morgan fingerprint density at radius 1 is 0.714 bits per heavy atom. The lowest BCUT2D eigenvalue weighted by atomic mass is 9.73. The van der Waals surface area contributed by atoms with Crippen molar-refractivity contribution in [1.82, 2.24) is 0 Å². The van der Waals surface area contributed by atoms with Gasteiger partial charge in [0, 0.05) is 46.3 Å². The Balaban J connectivity index is 1.74. The normalized spacial score (nSPS) is 12.6. The van der Waals surface area contributed by atoms with Gasteiger partial charge < -0.3 is 14.4 Å². The third-order valence-corrected chi connectivity index (χ3v) is 8.18. The lowest BCUT2D eigenvalue weighted by Gasteiger charge is -2.32. The molecular formula is C37H35NO4. The smallest absolute Gasteiger partial charge is 0.335 e. The van der Waals surface area contributed by atoms with Crippen molar-refractivity contribution in [2.45, 2.75) is 46.0 Å². The van der Waals surface area contributed by atoms with E-state index in [1.165, 1.54) is 11.1 Å². The molecule has 4 aromatic rings. The summed E-state index contributed by atoms with van der Waals surface area (Å²) in [6.07, 6.45) is 3.78. The maximum Gasteiger partial charge on any atom is 0.335 e. The number of aryl methyl sites for hydroxylation is 2. The van der Waals surface area contributed by atoms with Crippen LogP contribution in [0.2, 0.25) is 0 Å². The molecule has 0 aliphatic heterocycles. The minimum absolute atomic E-state index is 0.282. The zero-order valence-corrected chi connectivity index (χ0v) is 24.6. The first kappa shape index (κ1) is 28.6. The second-order valence-electron chi connectivity index (χ2n) is 10.6. The molecule has 0 unspecified atom stereocenters. The Bertz CT molecular complexity index is 1630. The molecule has 5 heteroatoms. The van der Waals surface area contributed by atoms with Gasteiger partial charge in [0.05, 0.1) is 0 Å². The van der Waals surface area contributed by atoms with Crippen LogP contribution < -0.4 is 14.4 Å². The van der Waals surface area contributed by atoms with Crippen LogP contribution in [0.1, 0.15) is 48.9 Å². The largest absolute Gasteiger partial charge is 0.423 e. The number of carbonyl (C=O) groups is 2. The van der Waals surface area contributed by atoms with Crippen LogP contribution in [0.5, 0.6) is 11.5 Å². The Morgan fingerprint density at radius 2 is 1.24 bits per heavy atom. The van der Waals surface area contributed by atoms with E-state index in [0.29, 0.717) is 5.75 Å². The van der Waals surface area contributed by atoms with E-state index >= 15 is 0 Å². The van der Waals surface area contributed by atoms with E-state index in [2.05, 4.69) is 112 Å². The van der Waals surface area contributed by atoms with Crippen LogP contribution in [0.15, 0.2) is 104 Å². The zero-order chi connectivity index (χ0) is 30.0. The Labute approximate surface area is 247 Å². The average Bonchev–Trinajstić information content (AvgIpc) is 3.28. The van der Waals surface area contributed by atoms with Crippen LogP contribution in [-0.2, 0) is 15.0 Å². The molecule has 0 atom stereocenters. The molecule has 42 heavy (non-hydrogen) atoms. The number of fused-ring (bicyclic) bond motifs is 3. The molecule has 5 rings (SSSR count). The molecule has 1 aliphatic rings. The molecule has 1 aliphatic carbocycles. The molecule has 0 bridgehead atoms. The maximum absolute atomic E-state index is 12.5. The average molecular weight is 558 g/mol. The molecule has 0 radical (unpaired) electrons. The zero-order valence-electron chi connectivity index (χ0n) is 24.6. The lowest BCUT2D eigenvalue weighted by Crippen LogP contribution is -2.25. The highest BCUT2D eigenvalue weighted by Crippen LogP contribution is 2.58. The van der Waals surface area contributed by atoms with E-state index in [9.17, 15) is 9.59 Å². The summed E-state index contributed by atoms with van der Waals surface area (Å²) in [5.41, 5.74) is 8.99. The third-order valence-electron chi connectivity index (χ3n) is 8.18. The predicted octanol–water partition coefficient (Wildman–Crippen LogP) is 9.04. The first-order valence-electron chi connectivity index (χ1n) is 14.2. The molecule has 0 spiro atoms. The molecule has 212 valence electrons. The number of carbonyl (C=O) groups excluding carboxylic acids is 2. The van der Waals surface area contributed by atoms with Crippen LogP contribution in [0.25, 0.3) is 11.1 Å².